The lowest BCUT2D eigenvalue weighted by Gasteiger charge is -2.25. The largest absolute Gasteiger partial charge is 0.394 e. The van der Waals surface area contributed by atoms with Crippen LogP contribution in [0.15, 0.2) is 12.7 Å². The second-order valence-electron chi connectivity index (χ2n) is 4.59. The first kappa shape index (κ1) is 18.5. The first-order valence-corrected chi connectivity index (χ1v) is 7.78. The second-order valence-corrected chi connectivity index (χ2v) is 5.38. The van der Waals surface area contributed by atoms with Crippen LogP contribution in [0.4, 0.5) is 0 Å². The molecule has 122 valence electrons. The normalized spacial score (nSPS) is 30.1. The highest BCUT2D eigenvalue weighted by atomic mass is 79.9. The van der Waals surface area contributed by atoms with E-state index in [1.165, 1.54) is 6.92 Å². The fourth-order valence-electron chi connectivity index (χ4n) is 2.16. The monoisotopic (exact) mass is 367 g/mol. The third kappa shape index (κ3) is 5.32. The number of aliphatic hydroxyl groups excluding tert-OH is 2. The molecule has 1 amide bonds. The zero-order valence-corrected chi connectivity index (χ0v) is 13.5. The summed E-state index contributed by atoms with van der Waals surface area (Å²) in [5.74, 6) is -0.262. The third-order valence-corrected chi connectivity index (χ3v) is 3.29. The van der Waals surface area contributed by atoms with Crippen LogP contribution in [0.1, 0.15) is 6.92 Å². The number of hydrogen-bond acceptors (Lipinski definition) is 6. The minimum atomic E-state index is -1.13. The van der Waals surface area contributed by atoms with Crippen molar-refractivity contribution in [1.29, 1.82) is 0 Å². The van der Waals surface area contributed by atoms with E-state index in [9.17, 15) is 9.90 Å². The predicted octanol–water partition coefficient (Wildman–Crippen LogP) is -0.448. The van der Waals surface area contributed by atoms with Crippen LogP contribution in [-0.4, -0.2) is 71.9 Å². The average molecular weight is 368 g/mol. The minimum absolute atomic E-state index is 0.226. The Balaban J connectivity index is 2.88. The van der Waals surface area contributed by atoms with E-state index in [-0.39, 0.29) is 12.5 Å². The fourth-order valence-corrected chi connectivity index (χ4v) is 2.34. The molecule has 0 saturated carbocycles. The Hall–Kier alpha value is -0.510. The molecule has 21 heavy (non-hydrogen) atoms. The van der Waals surface area contributed by atoms with Gasteiger partial charge in [0.05, 0.1) is 19.8 Å². The van der Waals surface area contributed by atoms with Gasteiger partial charge in [0.1, 0.15) is 24.4 Å². The molecule has 1 fully saturated rings. The molecule has 0 aliphatic carbocycles. The summed E-state index contributed by atoms with van der Waals surface area (Å²) in [5.41, 5.74) is 0. The second kappa shape index (κ2) is 9.50. The number of amides is 1. The van der Waals surface area contributed by atoms with E-state index < -0.39 is 37.3 Å². The van der Waals surface area contributed by atoms with Crippen molar-refractivity contribution in [1.82, 2.24) is 5.32 Å². The van der Waals surface area contributed by atoms with Crippen molar-refractivity contribution in [3.8, 4) is 0 Å². The van der Waals surface area contributed by atoms with Gasteiger partial charge in [-0.1, -0.05) is 22.0 Å². The van der Waals surface area contributed by atoms with Crippen LogP contribution in [0, 0.1) is 0 Å². The molecule has 0 aromatic rings. The van der Waals surface area contributed by atoms with E-state index >= 15 is 0 Å². The van der Waals surface area contributed by atoms with Gasteiger partial charge in [0.2, 0.25) is 5.91 Å². The molecular weight excluding hydrogens is 346 g/mol. The summed E-state index contributed by atoms with van der Waals surface area (Å²) in [5, 5.41) is 22.3. The van der Waals surface area contributed by atoms with E-state index in [0.29, 0.717) is 11.9 Å². The maximum absolute atomic E-state index is 11.4. The number of ether oxygens (including phenoxy) is 3. The lowest BCUT2D eigenvalue weighted by atomic mass is 10.0. The van der Waals surface area contributed by atoms with E-state index in [1.807, 2.05) is 0 Å². The maximum atomic E-state index is 11.4. The molecule has 0 spiro atoms. The molecule has 1 aliphatic rings. The topological polar surface area (TPSA) is 97.3 Å². The van der Waals surface area contributed by atoms with E-state index in [4.69, 9.17) is 19.3 Å². The molecule has 1 saturated heterocycles. The third-order valence-electron chi connectivity index (χ3n) is 2.96. The molecule has 5 atom stereocenters. The summed E-state index contributed by atoms with van der Waals surface area (Å²) < 4.78 is 16.7. The molecule has 1 heterocycles. The van der Waals surface area contributed by atoms with Crippen molar-refractivity contribution in [3.05, 3.63) is 12.7 Å². The summed E-state index contributed by atoms with van der Waals surface area (Å²) in [4.78, 5) is 11.4. The zero-order valence-electron chi connectivity index (χ0n) is 11.9. The molecule has 8 heteroatoms. The van der Waals surface area contributed by atoms with Gasteiger partial charge >= 0.3 is 0 Å². The number of nitrogens with one attached hydrogen (secondary N) is 1. The number of hydrogen-bond donors (Lipinski definition) is 3. The minimum Gasteiger partial charge on any atom is -0.394 e. The number of carbonyl (C=O) groups excluding carboxylic acids is 1. The summed E-state index contributed by atoms with van der Waals surface area (Å²) in [6.07, 6.45) is -1.78. The molecule has 1 rings (SSSR count). The first-order valence-electron chi connectivity index (χ1n) is 6.66. The van der Waals surface area contributed by atoms with Crippen molar-refractivity contribution < 1.29 is 29.2 Å². The van der Waals surface area contributed by atoms with Crippen molar-refractivity contribution >= 4 is 21.8 Å². The van der Waals surface area contributed by atoms with Gasteiger partial charge < -0.3 is 29.7 Å². The molecule has 7 nitrogen and oxygen atoms in total. The smallest absolute Gasteiger partial charge is 0.217 e. The Labute approximate surface area is 132 Å². The lowest BCUT2D eigenvalue weighted by molar-refractivity contribution is -0.166. The SMILES string of the molecule is C=CCO[C@@H]1[C@H](NC(C)=O)[C@@H](OCCBr)O[C@@H]1[C@@H](O)CO. The highest BCUT2D eigenvalue weighted by molar-refractivity contribution is 9.09. The molecule has 0 aromatic carbocycles. The number of rotatable bonds is 9. The first-order chi connectivity index (χ1) is 10.0. The van der Waals surface area contributed by atoms with Crippen LogP contribution in [0.3, 0.4) is 0 Å². The highest BCUT2D eigenvalue weighted by Gasteiger charge is 2.49. The van der Waals surface area contributed by atoms with Crippen LogP contribution in [0.5, 0.6) is 0 Å². The summed E-state index contributed by atoms with van der Waals surface area (Å²) in [6, 6.07) is -0.576. The van der Waals surface area contributed by atoms with Crippen molar-refractivity contribution in [3.63, 3.8) is 0 Å². The fraction of sp³-hybridized carbons (Fsp3) is 0.769. The molecule has 3 N–H and O–H groups in total. The van der Waals surface area contributed by atoms with Gasteiger partial charge in [-0.05, 0) is 0 Å². The van der Waals surface area contributed by atoms with Crippen molar-refractivity contribution in [2.75, 3.05) is 25.2 Å². The van der Waals surface area contributed by atoms with E-state index in [0.717, 1.165) is 0 Å². The summed E-state index contributed by atoms with van der Waals surface area (Å²) in [6.45, 7) is 5.06. The number of halogens is 1. The average Bonchev–Trinajstić information content (AvgIpc) is 2.79. The van der Waals surface area contributed by atoms with Crippen LogP contribution < -0.4 is 5.32 Å². The Bertz CT molecular complexity index is 343. The molecular formula is C13H22BrNO6. The zero-order chi connectivity index (χ0) is 15.8. The molecule has 0 radical (unpaired) electrons. The Kier molecular flexibility index (Phi) is 8.38. The maximum Gasteiger partial charge on any atom is 0.217 e. The number of aliphatic hydroxyl groups is 2. The van der Waals surface area contributed by atoms with Gasteiger partial charge in [-0.15, -0.1) is 6.58 Å². The lowest BCUT2D eigenvalue weighted by Crippen LogP contribution is -2.50. The van der Waals surface area contributed by atoms with Crippen LogP contribution in [0.2, 0.25) is 0 Å². The Morgan fingerprint density at radius 1 is 1.57 bits per heavy atom. The molecule has 0 aromatic heterocycles. The molecule has 0 bridgehead atoms. The molecule has 0 unspecified atom stereocenters. The quantitative estimate of drug-likeness (QED) is 0.377. The summed E-state index contributed by atoms with van der Waals surface area (Å²) in [7, 11) is 0. The number of alkyl halides is 1. The summed E-state index contributed by atoms with van der Waals surface area (Å²) >= 11 is 3.24. The van der Waals surface area contributed by atoms with Crippen molar-refractivity contribution in [2.24, 2.45) is 0 Å². The van der Waals surface area contributed by atoms with Gasteiger partial charge in [-0.3, -0.25) is 4.79 Å². The van der Waals surface area contributed by atoms with Gasteiger partial charge in [0.25, 0.3) is 0 Å². The Morgan fingerprint density at radius 3 is 2.81 bits per heavy atom. The van der Waals surface area contributed by atoms with Crippen LogP contribution >= 0.6 is 15.9 Å². The predicted molar refractivity (Wildman–Crippen MR) is 79.0 cm³/mol. The standard InChI is InChI=1S/C13H22BrNO6/c1-3-5-19-12-10(15-8(2)17)13(20-6-4-14)21-11(12)9(18)7-16/h3,9-13,16,18H,1,4-7H2,2H3,(H,15,17)/t9-,10-,11+,12+,13-/m0/s1. The Morgan fingerprint density at radius 2 is 2.29 bits per heavy atom. The van der Waals surface area contributed by atoms with Gasteiger partial charge in [0.15, 0.2) is 6.29 Å². The van der Waals surface area contributed by atoms with Crippen LogP contribution in [-0.2, 0) is 19.0 Å². The van der Waals surface area contributed by atoms with Crippen molar-refractivity contribution in [2.45, 2.75) is 37.6 Å². The number of carbonyl (C=O) groups is 1. The van der Waals surface area contributed by atoms with E-state index in [2.05, 4.69) is 27.8 Å². The molecule has 1 aliphatic heterocycles. The van der Waals surface area contributed by atoms with Gasteiger partial charge in [-0.25, -0.2) is 0 Å². The van der Waals surface area contributed by atoms with Gasteiger partial charge in [-0.2, -0.15) is 0 Å². The van der Waals surface area contributed by atoms with Gasteiger partial charge in [0, 0.05) is 12.3 Å². The van der Waals surface area contributed by atoms with E-state index in [1.54, 1.807) is 6.08 Å². The highest BCUT2D eigenvalue weighted by Crippen LogP contribution is 2.27. The van der Waals surface area contributed by atoms with Crippen LogP contribution in [0.25, 0.3) is 0 Å².